The Morgan fingerprint density at radius 3 is 2.27 bits per heavy atom. The normalized spacial score (nSPS) is 10.9. The van der Waals surface area contributed by atoms with E-state index in [1.165, 1.54) is 18.2 Å². The van der Waals surface area contributed by atoms with Gasteiger partial charge in [0.15, 0.2) is 0 Å². The molecule has 0 aliphatic carbocycles. The first-order valence-corrected chi connectivity index (χ1v) is 6.49. The number of benzene rings is 2. The highest BCUT2D eigenvalue weighted by atomic mass is 16.4. The number of fused-ring (bicyclic) bond motifs is 3. The molecule has 6 nitrogen and oxygen atoms in total. The van der Waals surface area contributed by atoms with Crippen LogP contribution in [-0.4, -0.2) is 26.7 Å². The fourth-order valence-corrected chi connectivity index (χ4v) is 2.57. The molecule has 0 aliphatic rings. The summed E-state index contributed by atoms with van der Waals surface area (Å²) in [5.74, 6) is -2.22. The molecule has 1 aromatic heterocycles. The van der Waals surface area contributed by atoms with Gasteiger partial charge in [0.25, 0.3) is 5.56 Å². The van der Waals surface area contributed by atoms with Crippen molar-refractivity contribution < 1.29 is 19.8 Å². The van der Waals surface area contributed by atoms with Crippen molar-refractivity contribution in [2.45, 2.75) is 6.54 Å². The number of aromatic carboxylic acids is 1. The number of carboxylic acid groups (broad SMARTS) is 2. The Kier molecular flexibility index (Phi) is 3.14. The number of aliphatic carboxylic acids is 1. The lowest BCUT2D eigenvalue weighted by molar-refractivity contribution is -0.137. The predicted octanol–water partition coefficient (Wildman–Crippen LogP) is 1.94. The quantitative estimate of drug-likeness (QED) is 0.720. The van der Waals surface area contributed by atoms with Crippen LogP contribution in [0.15, 0.2) is 47.3 Å². The van der Waals surface area contributed by atoms with Crippen molar-refractivity contribution in [1.29, 1.82) is 0 Å². The van der Waals surface area contributed by atoms with Crippen LogP contribution < -0.4 is 5.56 Å². The third-order valence-electron chi connectivity index (χ3n) is 3.52. The average molecular weight is 297 g/mol. The van der Waals surface area contributed by atoms with Crippen molar-refractivity contribution in [2.75, 3.05) is 0 Å². The molecule has 0 bridgehead atoms. The summed E-state index contributed by atoms with van der Waals surface area (Å²) < 4.78 is 1.14. The largest absolute Gasteiger partial charge is 0.480 e. The summed E-state index contributed by atoms with van der Waals surface area (Å²) in [5, 5.41) is 19.6. The van der Waals surface area contributed by atoms with Crippen molar-refractivity contribution >= 4 is 33.6 Å². The number of pyridine rings is 1. The van der Waals surface area contributed by atoms with Crippen LogP contribution in [-0.2, 0) is 11.3 Å². The van der Waals surface area contributed by atoms with E-state index in [2.05, 4.69) is 0 Å². The fourth-order valence-electron chi connectivity index (χ4n) is 2.57. The average Bonchev–Trinajstić information content (AvgIpc) is 2.50. The van der Waals surface area contributed by atoms with Gasteiger partial charge in [-0.2, -0.15) is 0 Å². The molecule has 6 heteroatoms. The van der Waals surface area contributed by atoms with Gasteiger partial charge in [0, 0.05) is 10.8 Å². The number of rotatable bonds is 3. The van der Waals surface area contributed by atoms with Crippen molar-refractivity contribution in [3.05, 3.63) is 58.4 Å². The van der Waals surface area contributed by atoms with E-state index in [0.29, 0.717) is 21.7 Å². The maximum atomic E-state index is 12.5. The van der Waals surface area contributed by atoms with Gasteiger partial charge in [-0.25, -0.2) is 4.79 Å². The molecule has 0 fully saturated rings. The maximum Gasteiger partial charge on any atom is 0.335 e. The Balaban J connectivity index is 2.52. The molecule has 1 heterocycles. The molecule has 110 valence electrons. The number of aromatic nitrogens is 1. The number of nitrogens with zero attached hydrogens (tertiary/aromatic N) is 1. The summed E-state index contributed by atoms with van der Waals surface area (Å²) in [6.45, 7) is -0.480. The highest BCUT2D eigenvalue weighted by Crippen LogP contribution is 2.24. The first-order valence-electron chi connectivity index (χ1n) is 6.49. The van der Waals surface area contributed by atoms with Crippen LogP contribution in [0.3, 0.4) is 0 Å². The SMILES string of the molecule is O=C(O)Cn1c(=O)c2ccccc2c2cc(C(=O)O)ccc21. The van der Waals surface area contributed by atoms with Gasteiger partial charge in [0.1, 0.15) is 6.54 Å². The molecule has 0 atom stereocenters. The van der Waals surface area contributed by atoms with E-state index in [-0.39, 0.29) is 5.56 Å². The summed E-state index contributed by atoms with van der Waals surface area (Å²) in [5.41, 5.74) is 0.0721. The lowest BCUT2D eigenvalue weighted by Crippen LogP contribution is -2.24. The van der Waals surface area contributed by atoms with Gasteiger partial charge in [-0.15, -0.1) is 0 Å². The Morgan fingerprint density at radius 2 is 1.64 bits per heavy atom. The Labute approximate surface area is 123 Å². The number of carbonyl (C=O) groups is 2. The zero-order valence-corrected chi connectivity index (χ0v) is 11.3. The monoisotopic (exact) mass is 297 g/mol. The van der Waals surface area contributed by atoms with E-state index in [0.717, 1.165) is 4.57 Å². The van der Waals surface area contributed by atoms with Gasteiger partial charge >= 0.3 is 11.9 Å². The van der Waals surface area contributed by atoms with E-state index in [1.54, 1.807) is 24.3 Å². The summed E-state index contributed by atoms with van der Waals surface area (Å²) in [6, 6.07) is 11.0. The summed E-state index contributed by atoms with van der Waals surface area (Å²) in [4.78, 5) is 34.6. The first-order chi connectivity index (χ1) is 10.5. The van der Waals surface area contributed by atoms with Crippen molar-refractivity contribution in [3.8, 4) is 0 Å². The van der Waals surface area contributed by atoms with Crippen molar-refractivity contribution in [2.24, 2.45) is 0 Å². The van der Waals surface area contributed by atoms with Gasteiger partial charge in [-0.1, -0.05) is 18.2 Å². The van der Waals surface area contributed by atoms with E-state index < -0.39 is 24.0 Å². The fraction of sp³-hybridized carbons (Fsp3) is 0.0625. The van der Waals surface area contributed by atoms with Gasteiger partial charge in [-0.05, 0) is 29.7 Å². The molecule has 0 radical (unpaired) electrons. The molecule has 2 N–H and O–H groups in total. The minimum absolute atomic E-state index is 0.0816. The summed E-state index contributed by atoms with van der Waals surface area (Å²) >= 11 is 0. The number of carboxylic acids is 2. The molecule has 2 aromatic carbocycles. The predicted molar refractivity (Wildman–Crippen MR) is 80.3 cm³/mol. The van der Waals surface area contributed by atoms with Crippen molar-refractivity contribution in [3.63, 3.8) is 0 Å². The second-order valence-electron chi connectivity index (χ2n) is 4.87. The third kappa shape index (κ3) is 2.10. The Hall–Kier alpha value is -3.15. The first kappa shape index (κ1) is 13.8. The smallest absolute Gasteiger partial charge is 0.335 e. The van der Waals surface area contributed by atoms with Crippen LogP contribution in [0.2, 0.25) is 0 Å². The van der Waals surface area contributed by atoms with Crippen LogP contribution in [0.4, 0.5) is 0 Å². The standard InChI is InChI=1S/C16H11NO5/c18-14(19)8-17-13-6-5-9(16(21)22)7-12(13)10-3-1-2-4-11(10)15(17)20/h1-7H,8H2,(H,18,19)(H,21,22). The molecule has 0 unspecified atom stereocenters. The number of hydrogen-bond donors (Lipinski definition) is 2. The Morgan fingerprint density at radius 1 is 0.955 bits per heavy atom. The highest BCUT2D eigenvalue weighted by Gasteiger charge is 2.14. The highest BCUT2D eigenvalue weighted by molar-refractivity contribution is 6.08. The second kappa shape index (κ2) is 5.00. The van der Waals surface area contributed by atoms with Crippen molar-refractivity contribution in [1.82, 2.24) is 4.57 Å². The van der Waals surface area contributed by atoms with E-state index in [4.69, 9.17) is 10.2 Å². The molecule has 0 aliphatic heterocycles. The van der Waals surface area contributed by atoms with Crippen LogP contribution in [0.25, 0.3) is 21.7 Å². The second-order valence-corrected chi connectivity index (χ2v) is 4.87. The van der Waals surface area contributed by atoms with Crippen LogP contribution in [0.1, 0.15) is 10.4 Å². The van der Waals surface area contributed by atoms with Gasteiger partial charge in [-0.3, -0.25) is 14.2 Å². The lowest BCUT2D eigenvalue weighted by atomic mass is 10.0. The molecule has 0 amide bonds. The van der Waals surface area contributed by atoms with E-state index in [9.17, 15) is 14.4 Å². The molecular weight excluding hydrogens is 286 g/mol. The van der Waals surface area contributed by atoms with Gasteiger partial charge in [0.05, 0.1) is 11.1 Å². The third-order valence-corrected chi connectivity index (χ3v) is 3.52. The van der Waals surface area contributed by atoms with Gasteiger partial charge < -0.3 is 10.2 Å². The topological polar surface area (TPSA) is 96.6 Å². The molecular formula is C16H11NO5. The minimum Gasteiger partial charge on any atom is -0.480 e. The molecule has 0 saturated heterocycles. The Bertz CT molecular complexity index is 987. The molecule has 22 heavy (non-hydrogen) atoms. The zero-order valence-electron chi connectivity index (χ0n) is 11.3. The van der Waals surface area contributed by atoms with Gasteiger partial charge in [0.2, 0.25) is 0 Å². The van der Waals surface area contributed by atoms with E-state index in [1.807, 2.05) is 0 Å². The lowest BCUT2D eigenvalue weighted by Gasteiger charge is -2.12. The molecule has 3 aromatic rings. The summed E-state index contributed by atoms with van der Waals surface area (Å²) in [7, 11) is 0. The van der Waals surface area contributed by atoms with Crippen LogP contribution >= 0.6 is 0 Å². The van der Waals surface area contributed by atoms with Crippen LogP contribution in [0, 0.1) is 0 Å². The minimum atomic E-state index is -1.14. The number of hydrogen-bond acceptors (Lipinski definition) is 3. The maximum absolute atomic E-state index is 12.5. The van der Waals surface area contributed by atoms with E-state index >= 15 is 0 Å². The molecule has 0 spiro atoms. The zero-order chi connectivity index (χ0) is 15.9. The van der Waals surface area contributed by atoms with Crippen LogP contribution in [0.5, 0.6) is 0 Å². The summed E-state index contributed by atoms with van der Waals surface area (Å²) in [6.07, 6.45) is 0. The molecule has 0 saturated carbocycles. The molecule has 3 rings (SSSR count).